The number of ether oxygens (including phenoxy) is 1. The fourth-order valence-electron chi connectivity index (χ4n) is 8.60. The van der Waals surface area contributed by atoms with Crippen LogP contribution >= 0.6 is 0 Å². The van der Waals surface area contributed by atoms with Crippen molar-refractivity contribution in [3.63, 3.8) is 0 Å². The molecule has 0 saturated carbocycles. The van der Waals surface area contributed by atoms with Crippen molar-refractivity contribution < 1.29 is 18.3 Å². The van der Waals surface area contributed by atoms with Crippen LogP contribution in [-0.4, -0.2) is 82.3 Å². The third-order valence-electron chi connectivity index (χ3n) is 10.7. The number of halogens is 2. The lowest BCUT2D eigenvalue weighted by Crippen LogP contribution is -2.62. The molecule has 1 aliphatic carbocycles. The number of carbonyl (C=O) groups excluding carboxylic acids is 1. The molecule has 7 nitrogen and oxygen atoms in total. The van der Waals surface area contributed by atoms with Crippen LogP contribution in [-0.2, 0) is 17.6 Å². The van der Waals surface area contributed by atoms with E-state index in [0.29, 0.717) is 43.6 Å². The fraction of sp³-hybridized carbons (Fsp3) is 0.500. The Bertz CT molecular complexity index is 1630. The molecule has 0 spiro atoms. The highest BCUT2D eigenvalue weighted by molar-refractivity contribution is 5.97. The minimum atomic E-state index is -0.852. The number of benzene rings is 2. The molecule has 224 valence electrons. The van der Waals surface area contributed by atoms with Crippen molar-refractivity contribution in [3.8, 4) is 17.1 Å². The van der Waals surface area contributed by atoms with Gasteiger partial charge in [-0.15, -0.1) is 0 Å². The van der Waals surface area contributed by atoms with E-state index in [0.717, 1.165) is 62.7 Å². The Morgan fingerprint density at radius 1 is 1.14 bits per heavy atom. The van der Waals surface area contributed by atoms with Gasteiger partial charge in [0.1, 0.15) is 18.3 Å². The van der Waals surface area contributed by atoms with Crippen molar-refractivity contribution in [2.45, 2.75) is 75.2 Å². The summed E-state index contributed by atoms with van der Waals surface area (Å²) in [5.74, 6) is -0.415. The first-order valence-corrected chi connectivity index (χ1v) is 15.8. The van der Waals surface area contributed by atoms with Gasteiger partial charge < -0.3 is 14.5 Å². The summed E-state index contributed by atoms with van der Waals surface area (Å²) in [4.78, 5) is 28.0. The molecule has 1 aromatic heterocycles. The lowest BCUT2D eigenvalue weighted by atomic mass is 9.85. The van der Waals surface area contributed by atoms with E-state index in [1.54, 1.807) is 6.20 Å². The molecular formula is C34H37F2N5O2. The summed E-state index contributed by atoms with van der Waals surface area (Å²) in [6, 6.07) is 8.56. The van der Waals surface area contributed by atoms with Gasteiger partial charge in [-0.3, -0.25) is 9.69 Å². The molecule has 8 rings (SSSR count). The first kappa shape index (κ1) is 27.0. The monoisotopic (exact) mass is 585 g/mol. The van der Waals surface area contributed by atoms with Crippen molar-refractivity contribution in [2.24, 2.45) is 0 Å². The number of hydrogen-bond donors (Lipinski definition) is 0. The average molecular weight is 586 g/mol. The van der Waals surface area contributed by atoms with E-state index in [1.807, 2.05) is 23.1 Å². The first-order valence-electron chi connectivity index (χ1n) is 15.8. The zero-order chi connectivity index (χ0) is 29.3. The number of carbonyl (C=O) groups is 1. The van der Waals surface area contributed by atoms with Crippen LogP contribution in [0.2, 0.25) is 0 Å². The number of anilines is 1. The van der Waals surface area contributed by atoms with E-state index in [1.165, 1.54) is 17.2 Å². The van der Waals surface area contributed by atoms with Gasteiger partial charge >= 0.3 is 6.01 Å². The highest BCUT2D eigenvalue weighted by atomic mass is 19.1. The first-order chi connectivity index (χ1) is 21.0. The predicted octanol–water partition coefficient (Wildman–Crippen LogP) is 5.25. The van der Waals surface area contributed by atoms with Gasteiger partial charge in [-0.05, 0) is 80.3 Å². The summed E-state index contributed by atoms with van der Waals surface area (Å²) in [7, 11) is 0. The number of hydrogen-bond acceptors (Lipinski definition) is 6. The van der Waals surface area contributed by atoms with E-state index >= 15 is 4.39 Å². The maximum atomic E-state index is 16.7. The molecule has 5 heterocycles. The largest absolute Gasteiger partial charge is 0.461 e. The van der Waals surface area contributed by atoms with E-state index < -0.39 is 6.17 Å². The number of rotatable bonds is 6. The van der Waals surface area contributed by atoms with Crippen LogP contribution in [0, 0.1) is 5.82 Å². The van der Waals surface area contributed by atoms with E-state index in [9.17, 15) is 9.18 Å². The second-order valence-electron chi connectivity index (χ2n) is 13.0. The van der Waals surface area contributed by atoms with Gasteiger partial charge in [0.2, 0.25) is 5.91 Å². The predicted molar refractivity (Wildman–Crippen MR) is 162 cm³/mol. The second-order valence-corrected chi connectivity index (χ2v) is 13.0. The second kappa shape index (κ2) is 10.3. The molecule has 4 atom stereocenters. The van der Waals surface area contributed by atoms with E-state index in [-0.39, 0.29) is 40.9 Å². The minimum Gasteiger partial charge on any atom is -0.461 e. The quantitative estimate of drug-likeness (QED) is 0.369. The van der Waals surface area contributed by atoms with Crippen LogP contribution in [0.3, 0.4) is 0 Å². The Labute approximate surface area is 250 Å². The van der Waals surface area contributed by atoms with Crippen LogP contribution in [0.25, 0.3) is 22.0 Å². The lowest BCUT2D eigenvalue weighted by molar-refractivity contribution is -0.127. The van der Waals surface area contributed by atoms with E-state index in [2.05, 4.69) is 32.4 Å². The molecule has 3 aromatic rings. The summed E-state index contributed by atoms with van der Waals surface area (Å²) in [6.07, 6.45) is 9.57. The molecule has 43 heavy (non-hydrogen) atoms. The smallest absolute Gasteiger partial charge is 0.317 e. The molecule has 0 bridgehead atoms. The molecule has 9 heteroatoms. The minimum absolute atomic E-state index is 0.0421. The SMILES string of the molecule is C=CC(=O)N1CCC2[C@H]1CN2c1cc(-c2cccc3c2CCCC3)c(F)c2nc(OC[C@@]34CCCN3C[C@H](F)C4)ncc12. The molecule has 0 radical (unpaired) electrons. The maximum Gasteiger partial charge on any atom is 0.317 e. The molecular weight excluding hydrogens is 548 g/mol. The summed E-state index contributed by atoms with van der Waals surface area (Å²) in [6.45, 7) is 6.63. The number of aromatic nitrogens is 2. The van der Waals surface area contributed by atoms with Crippen molar-refractivity contribution in [2.75, 3.05) is 37.7 Å². The molecule has 2 aromatic carbocycles. The van der Waals surface area contributed by atoms with Crippen molar-refractivity contribution in [1.82, 2.24) is 19.8 Å². The molecule has 4 fully saturated rings. The lowest BCUT2D eigenvalue weighted by Gasteiger charge is -2.48. The van der Waals surface area contributed by atoms with Gasteiger partial charge in [0.15, 0.2) is 5.82 Å². The van der Waals surface area contributed by atoms with Gasteiger partial charge in [-0.1, -0.05) is 24.8 Å². The van der Waals surface area contributed by atoms with Crippen LogP contribution < -0.4 is 9.64 Å². The number of likely N-dealkylation sites (tertiary alicyclic amines) is 1. The topological polar surface area (TPSA) is 61.8 Å². The van der Waals surface area contributed by atoms with E-state index in [4.69, 9.17) is 4.74 Å². The van der Waals surface area contributed by atoms with Crippen LogP contribution in [0.15, 0.2) is 43.1 Å². The normalized spacial score (nSPS) is 28.0. The van der Waals surface area contributed by atoms with Crippen LogP contribution in [0.5, 0.6) is 6.01 Å². The highest BCUT2D eigenvalue weighted by Crippen LogP contribution is 2.45. The van der Waals surface area contributed by atoms with Gasteiger partial charge in [0, 0.05) is 48.9 Å². The Hall–Kier alpha value is -3.59. The highest BCUT2D eigenvalue weighted by Gasteiger charge is 2.50. The molecule has 5 aliphatic rings. The van der Waals surface area contributed by atoms with Gasteiger partial charge in [-0.25, -0.2) is 13.8 Å². The maximum absolute atomic E-state index is 16.7. The Morgan fingerprint density at radius 3 is 2.91 bits per heavy atom. The molecule has 1 unspecified atom stereocenters. The summed E-state index contributed by atoms with van der Waals surface area (Å²) in [5.41, 5.74) is 4.76. The number of amides is 1. The zero-order valence-corrected chi connectivity index (χ0v) is 24.4. The van der Waals surface area contributed by atoms with Crippen molar-refractivity contribution in [1.29, 1.82) is 0 Å². The van der Waals surface area contributed by atoms with Gasteiger partial charge in [-0.2, -0.15) is 4.98 Å². The average Bonchev–Trinajstić information content (AvgIpc) is 3.66. The van der Waals surface area contributed by atoms with Gasteiger partial charge in [0.05, 0.1) is 17.6 Å². The third-order valence-corrected chi connectivity index (χ3v) is 10.7. The number of nitrogens with zero attached hydrogens (tertiary/aromatic N) is 5. The van der Waals surface area contributed by atoms with Crippen molar-refractivity contribution >= 4 is 22.5 Å². The van der Waals surface area contributed by atoms with Gasteiger partial charge in [0.25, 0.3) is 0 Å². The number of fused-ring (bicyclic) bond motifs is 4. The fourth-order valence-corrected chi connectivity index (χ4v) is 8.60. The van der Waals surface area contributed by atoms with Crippen molar-refractivity contribution in [3.05, 3.63) is 60.1 Å². The third kappa shape index (κ3) is 4.25. The summed E-state index contributed by atoms with van der Waals surface area (Å²) in [5, 5.41) is 0.635. The molecule has 4 saturated heterocycles. The van der Waals surface area contributed by atoms with Crippen LogP contribution in [0.1, 0.15) is 49.7 Å². The Balaban J connectivity index is 1.20. The standard InChI is InChI=1S/C34H37F2N5O2/c1-2-30(42)40-14-11-27-29(40)19-41(27)28-15-25(24-10-5-8-21-7-3-4-9-23(21)24)31(36)32-26(28)17-37-33(38-32)43-20-34-12-6-13-39(34)18-22(35)16-34/h2,5,8,10,15,17,22,27,29H,1,3-4,6-7,9,11-14,16,18-20H2/t22-,27?,29-,34+/m1/s1. The number of aryl methyl sites for hydroxylation is 1. The Kier molecular flexibility index (Phi) is 6.44. The Morgan fingerprint density at radius 2 is 2.02 bits per heavy atom. The zero-order valence-electron chi connectivity index (χ0n) is 24.4. The molecule has 1 amide bonds. The summed E-state index contributed by atoms with van der Waals surface area (Å²) >= 11 is 0. The molecule has 0 N–H and O–H groups in total. The number of alkyl halides is 1. The molecule has 4 aliphatic heterocycles. The van der Waals surface area contributed by atoms with Crippen LogP contribution in [0.4, 0.5) is 14.5 Å². The summed E-state index contributed by atoms with van der Waals surface area (Å²) < 4.78 is 37.1.